The molecule has 0 heterocycles. The molecule has 0 spiro atoms. The Kier molecular flexibility index (Phi) is 5.66. The van der Waals surface area contributed by atoms with Gasteiger partial charge in [-0.3, -0.25) is 4.79 Å². The van der Waals surface area contributed by atoms with Crippen molar-refractivity contribution in [2.75, 3.05) is 13.7 Å². The lowest BCUT2D eigenvalue weighted by atomic mass is 10.3. The van der Waals surface area contributed by atoms with Gasteiger partial charge < -0.3 is 15.2 Å². The molecule has 0 rings (SSSR count). The van der Waals surface area contributed by atoms with Gasteiger partial charge >= 0.3 is 5.97 Å². The third-order valence-electron chi connectivity index (χ3n) is 1.64. The molecule has 0 saturated heterocycles. The zero-order valence-electron chi connectivity index (χ0n) is 7.87. The smallest absolute Gasteiger partial charge is 0.325 e. The molecule has 0 saturated carbocycles. The Morgan fingerprint density at radius 3 is 2.58 bits per heavy atom. The van der Waals surface area contributed by atoms with Gasteiger partial charge in [0.05, 0.1) is 19.8 Å². The van der Waals surface area contributed by atoms with Gasteiger partial charge in [0.15, 0.2) is 0 Å². The summed E-state index contributed by atoms with van der Waals surface area (Å²) in [7, 11) is 1.31. The number of methoxy groups -OCH3 is 1. The summed E-state index contributed by atoms with van der Waals surface area (Å²) >= 11 is 0. The highest BCUT2D eigenvalue weighted by Gasteiger charge is 2.14. The van der Waals surface area contributed by atoms with Crippen LogP contribution in [0.4, 0.5) is 0 Å². The minimum Gasteiger partial charge on any atom is -0.468 e. The lowest BCUT2D eigenvalue weighted by molar-refractivity contribution is -0.144. The van der Waals surface area contributed by atoms with Crippen molar-refractivity contribution < 1.29 is 14.3 Å². The van der Waals surface area contributed by atoms with Crippen LogP contribution in [0.25, 0.3) is 0 Å². The van der Waals surface area contributed by atoms with Crippen molar-refractivity contribution in [3.8, 4) is 0 Å². The molecule has 2 N–H and O–H groups in total. The van der Waals surface area contributed by atoms with Crippen LogP contribution >= 0.6 is 0 Å². The quantitative estimate of drug-likeness (QED) is 0.610. The molecule has 0 aromatic heterocycles. The fraction of sp³-hybridized carbons (Fsp3) is 0.875. The molecule has 0 aliphatic heterocycles. The average molecular weight is 175 g/mol. The van der Waals surface area contributed by atoms with Gasteiger partial charge in [0, 0.05) is 0 Å². The molecule has 0 fully saturated rings. The van der Waals surface area contributed by atoms with Gasteiger partial charge in [-0.05, 0) is 13.3 Å². The monoisotopic (exact) mass is 175 g/mol. The van der Waals surface area contributed by atoms with Crippen LogP contribution in [0.15, 0.2) is 0 Å². The summed E-state index contributed by atoms with van der Waals surface area (Å²) in [6.07, 6.45) is 1.05. The molecule has 0 aromatic rings. The van der Waals surface area contributed by atoms with Crippen molar-refractivity contribution in [1.82, 2.24) is 0 Å². The van der Waals surface area contributed by atoms with E-state index in [1.165, 1.54) is 7.11 Å². The van der Waals surface area contributed by atoms with E-state index < -0.39 is 12.0 Å². The van der Waals surface area contributed by atoms with Crippen LogP contribution in [-0.2, 0) is 14.3 Å². The Morgan fingerprint density at radius 2 is 2.17 bits per heavy atom. The molecule has 0 bridgehead atoms. The van der Waals surface area contributed by atoms with Crippen molar-refractivity contribution in [2.24, 2.45) is 5.73 Å². The first-order valence-electron chi connectivity index (χ1n) is 4.06. The molecule has 0 aliphatic rings. The molecule has 2 atom stereocenters. The molecule has 4 nitrogen and oxygen atoms in total. The normalized spacial score (nSPS) is 15.3. The van der Waals surface area contributed by atoms with Crippen LogP contribution in [0.2, 0.25) is 0 Å². The minimum atomic E-state index is -0.663. The summed E-state index contributed by atoms with van der Waals surface area (Å²) in [5, 5.41) is 0. The molecule has 0 aromatic carbocycles. The maximum Gasteiger partial charge on any atom is 0.325 e. The summed E-state index contributed by atoms with van der Waals surface area (Å²) in [4.78, 5) is 10.8. The number of hydrogen-bond acceptors (Lipinski definition) is 4. The number of carbonyl (C=O) groups is 1. The highest BCUT2D eigenvalue weighted by molar-refractivity contribution is 5.75. The summed E-state index contributed by atoms with van der Waals surface area (Å²) in [5.41, 5.74) is 5.43. The van der Waals surface area contributed by atoms with Crippen LogP contribution in [0.5, 0.6) is 0 Å². The number of hydrogen-bond donors (Lipinski definition) is 1. The molecule has 4 heteroatoms. The van der Waals surface area contributed by atoms with E-state index in [0.29, 0.717) is 0 Å². The van der Waals surface area contributed by atoms with E-state index in [0.717, 1.165) is 6.42 Å². The predicted molar refractivity (Wildman–Crippen MR) is 45.7 cm³/mol. The zero-order chi connectivity index (χ0) is 9.56. The third kappa shape index (κ3) is 4.31. The Hall–Kier alpha value is -0.610. The molecule has 12 heavy (non-hydrogen) atoms. The van der Waals surface area contributed by atoms with Crippen LogP contribution in [0.3, 0.4) is 0 Å². The maximum absolute atomic E-state index is 10.8. The van der Waals surface area contributed by atoms with Gasteiger partial charge in [0.25, 0.3) is 0 Å². The van der Waals surface area contributed by atoms with Crippen molar-refractivity contribution in [3.05, 3.63) is 0 Å². The predicted octanol–water partition coefficient (Wildman–Crippen LogP) is 0.302. The van der Waals surface area contributed by atoms with Gasteiger partial charge in [0.2, 0.25) is 0 Å². The van der Waals surface area contributed by atoms with Gasteiger partial charge in [0.1, 0.15) is 6.04 Å². The Bertz CT molecular complexity index is 138. The first-order chi connectivity index (χ1) is 5.61. The number of nitrogens with two attached hydrogens (primary N) is 1. The highest BCUT2D eigenvalue weighted by Crippen LogP contribution is 1.96. The van der Waals surface area contributed by atoms with Crippen molar-refractivity contribution in [2.45, 2.75) is 32.4 Å². The SMILES string of the molecule is CCC(C)OC[C@H](N)C(=O)OC. The summed E-state index contributed by atoms with van der Waals surface area (Å²) in [6.45, 7) is 4.17. The first kappa shape index (κ1) is 11.4. The number of ether oxygens (including phenoxy) is 2. The Balaban J connectivity index is 3.56. The molecular weight excluding hydrogens is 158 g/mol. The van der Waals surface area contributed by atoms with Gasteiger partial charge in [-0.1, -0.05) is 6.92 Å². The Labute approximate surface area is 73.0 Å². The van der Waals surface area contributed by atoms with Crippen LogP contribution < -0.4 is 5.73 Å². The second-order valence-corrected chi connectivity index (χ2v) is 2.68. The number of esters is 1. The summed E-state index contributed by atoms with van der Waals surface area (Å²) < 4.78 is 9.68. The Morgan fingerprint density at radius 1 is 1.58 bits per heavy atom. The van der Waals surface area contributed by atoms with Gasteiger partial charge in [-0.25, -0.2) is 0 Å². The van der Waals surface area contributed by atoms with Gasteiger partial charge in [-0.2, -0.15) is 0 Å². The third-order valence-corrected chi connectivity index (χ3v) is 1.64. The topological polar surface area (TPSA) is 61.5 Å². The van der Waals surface area contributed by atoms with E-state index in [-0.39, 0.29) is 12.7 Å². The molecule has 0 radical (unpaired) electrons. The average Bonchev–Trinajstić information content (AvgIpc) is 2.11. The van der Waals surface area contributed by atoms with Gasteiger partial charge in [-0.15, -0.1) is 0 Å². The second kappa shape index (κ2) is 5.97. The number of rotatable bonds is 5. The molecule has 0 aliphatic carbocycles. The molecular formula is C8H17NO3. The van der Waals surface area contributed by atoms with E-state index in [9.17, 15) is 4.79 Å². The van der Waals surface area contributed by atoms with Crippen molar-refractivity contribution in [3.63, 3.8) is 0 Å². The fourth-order valence-corrected chi connectivity index (χ4v) is 0.605. The van der Waals surface area contributed by atoms with Crippen molar-refractivity contribution >= 4 is 5.97 Å². The van der Waals surface area contributed by atoms with E-state index in [4.69, 9.17) is 10.5 Å². The first-order valence-corrected chi connectivity index (χ1v) is 4.06. The van der Waals surface area contributed by atoms with Crippen LogP contribution in [-0.4, -0.2) is 31.8 Å². The maximum atomic E-state index is 10.8. The summed E-state index contributed by atoms with van der Waals surface area (Å²) in [5.74, 6) is -0.432. The fourth-order valence-electron chi connectivity index (χ4n) is 0.605. The van der Waals surface area contributed by atoms with E-state index in [1.807, 2.05) is 13.8 Å². The van der Waals surface area contributed by atoms with E-state index in [1.54, 1.807) is 0 Å². The highest BCUT2D eigenvalue weighted by atomic mass is 16.5. The molecule has 1 unspecified atom stereocenters. The van der Waals surface area contributed by atoms with E-state index >= 15 is 0 Å². The molecule has 72 valence electrons. The van der Waals surface area contributed by atoms with Crippen LogP contribution in [0, 0.1) is 0 Å². The van der Waals surface area contributed by atoms with Crippen LogP contribution in [0.1, 0.15) is 20.3 Å². The summed E-state index contributed by atoms with van der Waals surface area (Å²) in [6, 6.07) is -0.663. The van der Waals surface area contributed by atoms with Crippen molar-refractivity contribution in [1.29, 1.82) is 0 Å². The standard InChI is InChI=1S/C8H17NO3/c1-4-6(2)12-5-7(9)8(10)11-3/h6-7H,4-5,9H2,1-3H3/t6?,7-/m0/s1. The number of carbonyl (C=O) groups excluding carboxylic acids is 1. The largest absolute Gasteiger partial charge is 0.468 e. The lowest BCUT2D eigenvalue weighted by Gasteiger charge is -2.13. The second-order valence-electron chi connectivity index (χ2n) is 2.68. The zero-order valence-corrected chi connectivity index (χ0v) is 7.87. The van der Waals surface area contributed by atoms with E-state index in [2.05, 4.69) is 4.74 Å². The molecule has 0 amide bonds. The lowest BCUT2D eigenvalue weighted by Crippen LogP contribution is -2.37. The minimum absolute atomic E-state index is 0.140.